The molecule has 1 aromatic carbocycles. The molecule has 0 fully saturated rings. The van der Waals surface area contributed by atoms with E-state index in [1.54, 1.807) is 0 Å². The SMILES string of the molecule is CCc1ccc(C(C)NC2CCc3cccnc32)cc1. The molecule has 2 nitrogen and oxygen atoms in total. The Kier molecular flexibility index (Phi) is 3.83. The molecule has 1 aliphatic carbocycles. The summed E-state index contributed by atoms with van der Waals surface area (Å²) in [5.41, 5.74) is 5.39. The van der Waals surface area contributed by atoms with Crippen LogP contribution < -0.4 is 5.32 Å². The summed E-state index contributed by atoms with van der Waals surface area (Å²) < 4.78 is 0. The Balaban J connectivity index is 1.71. The summed E-state index contributed by atoms with van der Waals surface area (Å²) in [5.74, 6) is 0. The number of benzene rings is 1. The monoisotopic (exact) mass is 266 g/mol. The average Bonchev–Trinajstić information content (AvgIpc) is 2.91. The van der Waals surface area contributed by atoms with E-state index >= 15 is 0 Å². The van der Waals surface area contributed by atoms with Crippen LogP contribution in [0.5, 0.6) is 0 Å². The number of aromatic nitrogens is 1. The minimum atomic E-state index is 0.360. The van der Waals surface area contributed by atoms with Crippen molar-refractivity contribution in [2.45, 2.75) is 45.2 Å². The van der Waals surface area contributed by atoms with Gasteiger partial charge >= 0.3 is 0 Å². The van der Waals surface area contributed by atoms with Gasteiger partial charge in [0.05, 0.1) is 11.7 Å². The summed E-state index contributed by atoms with van der Waals surface area (Å²) in [7, 11) is 0. The second-order valence-electron chi connectivity index (χ2n) is 5.62. The molecule has 2 unspecified atom stereocenters. The third-order valence-electron chi connectivity index (χ3n) is 4.30. The molecule has 0 saturated carbocycles. The number of pyridine rings is 1. The number of hydrogen-bond donors (Lipinski definition) is 1. The predicted octanol–water partition coefficient (Wildman–Crippen LogP) is 3.98. The lowest BCUT2D eigenvalue weighted by atomic mass is 10.0. The van der Waals surface area contributed by atoms with Crippen molar-refractivity contribution in [3.8, 4) is 0 Å². The average molecular weight is 266 g/mol. The van der Waals surface area contributed by atoms with E-state index in [4.69, 9.17) is 0 Å². The van der Waals surface area contributed by atoms with Gasteiger partial charge in [0.2, 0.25) is 0 Å². The van der Waals surface area contributed by atoms with Gasteiger partial charge in [-0.15, -0.1) is 0 Å². The third kappa shape index (κ3) is 2.61. The first-order valence-corrected chi connectivity index (χ1v) is 7.56. The molecule has 1 N–H and O–H groups in total. The zero-order chi connectivity index (χ0) is 13.9. The molecule has 0 saturated heterocycles. The van der Waals surface area contributed by atoms with E-state index in [1.165, 1.54) is 22.4 Å². The van der Waals surface area contributed by atoms with Gasteiger partial charge in [-0.3, -0.25) is 4.98 Å². The van der Waals surface area contributed by atoms with Crippen molar-refractivity contribution >= 4 is 0 Å². The highest BCUT2D eigenvalue weighted by Gasteiger charge is 2.24. The fourth-order valence-electron chi connectivity index (χ4n) is 3.01. The van der Waals surface area contributed by atoms with Crippen molar-refractivity contribution in [2.75, 3.05) is 0 Å². The third-order valence-corrected chi connectivity index (χ3v) is 4.30. The largest absolute Gasteiger partial charge is 0.302 e. The highest BCUT2D eigenvalue weighted by atomic mass is 15.0. The van der Waals surface area contributed by atoms with E-state index in [2.05, 4.69) is 54.5 Å². The zero-order valence-corrected chi connectivity index (χ0v) is 12.3. The number of hydrogen-bond acceptors (Lipinski definition) is 2. The van der Waals surface area contributed by atoms with Crippen LogP contribution in [0, 0.1) is 0 Å². The van der Waals surface area contributed by atoms with Gasteiger partial charge in [-0.2, -0.15) is 0 Å². The fourth-order valence-corrected chi connectivity index (χ4v) is 3.01. The summed E-state index contributed by atoms with van der Waals surface area (Å²) in [6.45, 7) is 4.43. The van der Waals surface area contributed by atoms with Gasteiger partial charge in [0.15, 0.2) is 0 Å². The molecule has 20 heavy (non-hydrogen) atoms. The van der Waals surface area contributed by atoms with E-state index < -0.39 is 0 Å². The van der Waals surface area contributed by atoms with E-state index in [-0.39, 0.29) is 0 Å². The van der Waals surface area contributed by atoms with Crippen LogP contribution >= 0.6 is 0 Å². The molecule has 0 bridgehead atoms. The van der Waals surface area contributed by atoms with Gasteiger partial charge in [-0.1, -0.05) is 37.3 Å². The second kappa shape index (κ2) is 5.76. The molecule has 2 heteroatoms. The lowest BCUT2D eigenvalue weighted by molar-refractivity contribution is 0.458. The molecule has 0 amide bonds. The van der Waals surface area contributed by atoms with Gasteiger partial charge < -0.3 is 5.32 Å². The Bertz CT molecular complexity index is 574. The molecule has 3 rings (SSSR count). The van der Waals surface area contributed by atoms with Crippen molar-refractivity contribution in [2.24, 2.45) is 0 Å². The molecule has 0 spiro atoms. The van der Waals surface area contributed by atoms with E-state index in [0.29, 0.717) is 12.1 Å². The maximum Gasteiger partial charge on any atom is 0.0605 e. The van der Waals surface area contributed by atoms with E-state index in [0.717, 1.165) is 19.3 Å². The molecule has 2 atom stereocenters. The maximum absolute atomic E-state index is 4.55. The van der Waals surface area contributed by atoms with Gasteiger partial charge in [-0.05, 0) is 48.9 Å². The normalized spacial score (nSPS) is 18.8. The van der Waals surface area contributed by atoms with Crippen molar-refractivity contribution in [3.05, 3.63) is 65.0 Å². The number of rotatable bonds is 4. The van der Waals surface area contributed by atoms with Crippen LogP contribution in [0.25, 0.3) is 0 Å². The molecular weight excluding hydrogens is 244 g/mol. The second-order valence-corrected chi connectivity index (χ2v) is 5.62. The van der Waals surface area contributed by atoms with Gasteiger partial charge in [0, 0.05) is 12.2 Å². The standard InChI is InChI=1S/C18H22N2/c1-3-14-6-8-15(9-7-14)13(2)20-17-11-10-16-5-4-12-19-18(16)17/h4-9,12-13,17,20H,3,10-11H2,1-2H3. The molecule has 0 radical (unpaired) electrons. The van der Waals surface area contributed by atoms with Crippen LogP contribution in [0.1, 0.15) is 54.7 Å². The maximum atomic E-state index is 4.55. The van der Waals surface area contributed by atoms with Gasteiger partial charge in [0.25, 0.3) is 0 Å². The molecule has 1 heterocycles. The summed E-state index contributed by atoms with van der Waals surface area (Å²) in [6.07, 6.45) is 5.30. The number of aryl methyl sites for hydroxylation is 2. The Morgan fingerprint density at radius 2 is 2.05 bits per heavy atom. The lowest BCUT2D eigenvalue weighted by Crippen LogP contribution is -2.23. The first-order chi connectivity index (χ1) is 9.78. The number of fused-ring (bicyclic) bond motifs is 1. The van der Waals surface area contributed by atoms with Crippen LogP contribution in [-0.4, -0.2) is 4.98 Å². The summed E-state index contributed by atoms with van der Waals surface area (Å²) >= 11 is 0. The molecule has 104 valence electrons. The van der Waals surface area contributed by atoms with Crippen LogP contribution in [0.4, 0.5) is 0 Å². The highest BCUT2D eigenvalue weighted by molar-refractivity contribution is 5.29. The molecule has 1 aromatic heterocycles. The molecule has 2 aromatic rings. The summed E-state index contributed by atoms with van der Waals surface area (Å²) in [5, 5.41) is 3.73. The Hall–Kier alpha value is -1.67. The van der Waals surface area contributed by atoms with Gasteiger partial charge in [0.1, 0.15) is 0 Å². The smallest absolute Gasteiger partial charge is 0.0605 e. The summed E-state index contributed by atoms with van der Waals surface area (Å²) in [4.78, 5) is 4.55. The first kappa shape index (κ1) is 13.3. The van der Waals surface area contributed by atoms with Gasteiger partial charge in [-0.25, -0.2) is 0 Å². The minimum Gasteiger partial charge on any atom is -0.302 e. The minimum absolute atomic E-state index is 0.360. The first-order valence-electron chi connectivity index (χ1n) is 7.56. The lowest BCUT2D eigenvalue weighted by Gasteiger charge is -2.20. The molecule has 1 aliphatic rings. The van der Waals surface area contributed by atoms with Crippen molar-refractivity contribution in [1.82, 2.24) is 10.3 Å². The predicted molar refractivity (Wildman–Crippen MR) is 82.7 cm³/mol. The summed E-state index contributed by atoms with van der Waals surface area (Å²) in [6, 6.07) is 13.9. The van der Waals surface area contributed by atoms with E-state index in [9.17, 15) is 0 Å². The Morgan fingerprint density at radius 3 is 2.80 bits per heavy atom. The van der Waals surface area contributed by atoms with Crippen LogP contribution in [0.2, 0.25) is 0 Å². The zero-order valence-electron chi connectivity index (χ0n) is 12.3. The Labute approximate surface area is 121 Å². The number of nitrogens with zero attached hydrogens (tertiary/aromatic N) is 1. The fraction of sp³-hybridized carbons (Fsp3) is 0.389. The topological polar surface area (TPSA) is 24.9 Å². The molecule has 0 aliphatic heterocycles. The van der Waals surface area contributed by atoms with Crippen molar-refractivity contribution < 1.29 is 0 Å². The molecular formula is C18H22N2. The van der Waals surface area contributed by atoms with Crippen LogP contribution in [0.3, 0.4) is 0 Å². The van der Waals surface area contributed by atoms with Crippen molar-refractivity contribution in [1.29, 1.82) is 0 Å². The van der Waals surface area contributed by atoms with Crippen LogP contribution in [-0.2, 0) is 12.8 Å². The van der Waals surface area contributed by atoms with E-state index in [1.807, 2.05) is 12.3 Å². The quantitative estimate of drug-likeness (QED) is 0.905. The highest BCUT2D eigenvalue weighted by Crippen LogP contribution is 2.31. The van der Waals surface area contributed by atoms with Crippen molar-refractivity contribution in [3.63, 3.8) is 0 Å². The number of nitrogens with one attached hydrogen (secondary N) is 1. The Morgan fingerprint density at radius 1 is 1.25 bits per heavy atom. The van der Waals surface area contributed by atoms with Crippen LogP contribution in [0.15, 0.2) is 42.6 Å².